The Labute approximate surface area is 121 Å². The van der Waals surface area contributed by atoms with Gasteiger partial charge in [-0.1, -0.05) is 13.3 Å². The fraction of sp³-hybridized carbons (Fsp3) is 0.588. The summed E-state index contributed by atoms with van der Waals surface area (Å²) >= 11 is 0. The zero-order valence-corrected chi connectivity index (χ0v) is 12.3. The molecule has 1 fully saturated rings. The zero-order valence-electron chi connectivity index (χ0n) is 12.3. The maximum absolute atomic E-state index is 9.26. The van der Waals surface area contributed by atoms with Crippen LogP contribution in [0.4, 0.5) is 0 Å². The first-order chi connectivity index (χ1) is 9.76. The van der Waals surface area contributed by atoms with Crippen LogP contribution in [0.3, 0.4) is 0 Å². The van der Waals surface area contributed by atoms with Crippen molar-refractivity contribution in [2.45, 2.75) is 45.6 Å². The molecule has 0 spiro atoms. The van der Waals surface area contributed by atoms with E-state index < -0.39 is 0 Å². The topological polar surface area (TPSA) is 42.2 Å². The molecule has 0 saturated heterocycles. The third-order valence-electron chi connectivity index (χ3n) is 4.07. The lowest BCUT2D eigenvalue weighted by molar-refractivity contribution is 0.0892. The molecule has 20 heavy (non-hydrogen) atoms. The summed E-state index contributed by atoms with van der Waals surface area (Å²) in [6.07, 6.45) is 4.29. The van der Waals surface area contributed by atoms with Gasteiger partial charge in [-0.3, -0.25) is 0 Å². The minimum Gasteiger partial charge on any atom is -0.494 e. The maximum atomic E-state index is 9.26. The monoisotopic (exact) mass is 273 g/mol. The molecule has 3 heteroatoms. The van der Waals surface area contributed by atoms with Crippen LogP contribution in [0.5, 0.6) is 11.5 Å². The summed E-state index contributed by atoms with van der Waals surface area (Å²) in [5.41, 5.74) is 0. The van der Waals surface area contributed by atoms with Crippen LogP contribution in [0.1, 0.15) is 39.5 Å². The molecule has 0 N–H and O–H groups in total. The maximum Gasteiger partial charge on any atom is 0.120 e. The molecule has 0 heterocycles. The second-order valence-electron chi connectivity index (χ2n) is 5.38. The summed E-state index contributed by atoms with van der Waals surface area (Å²) in [5, 5.41) is 9.26. The van der Waals surface area contributed by atoms with E-state index in [0.717, 1.165) is 30.8 Å². The minimum absolute atomic E-state index is 0.0179. The molecule has 2 rings (SSSR count). The molecule has 3 nitrogen and oxygen atoms in total. The number of hydrogen-bond donors (Lipinski definition) is 0. The smallest absolute Gasteiger partial charge is 0.120 e. The lowest BCUT2D eigenvalue weighted by Gasteiger charge is -2.32. The summed E-state index contributed by atoms with van der Waals surface area (Å²) in [6.45, 7) is 4.84. The second kappa shape index (κ2) is 7.19. The predicted molar refractivity (Wildman–Crippen MR) is 78.8 cm³/mol. The Bertz CT molecular complexity index is 449. The molecule has 0 radical (unpaired) electrons. The van der Waals surface area contributed by atoms with E-state index in [4.69, 9.17) is 9.47 Å². The van der Waals surface area contributed by atoms with Crippen molar-refractivity contribution in [2.75, 3.05) is 6.61 Å². The standard InChI is InChI=1S/C17H23NO2/c1-3-13-5-6-14(12-18)17(11-13)20-16-9-7-15(8-10-16)19-4-2/h7-10,13-14,17H,3-6,11H2,1-2H3. The Balaban J connectivity index is 2.00. The van der Waals surface area contributed by atoms with E-state index in [9.17, 15) is 5.26 Å². The van der Waals surface area contributed by atoms with E-state index in [1.54, 1.807) is 0 Å². The Kier molecular flexibility index (Phi) is 5.29. The van der Waals surface area contributed by atoms with Gasteiger partial charge in [-0.05, 0) is 56.4 Å². The predicted octanol–water partition coefficient (Wildman–Crippen LogP) is 4.18. The summed E-state index contributed by atoms with van der Waals surface area (Å²) in [6, 6.07) is 10.1. The Morgan fingerprint density at radius 1 is 1.15 bits per heavy atom. The van der Waals surface area contributed by atoms with Crippen molar-refractivity contribution in [3.63, 3.8) is 0 Å². The summed E-state index contributed by atoms with van der Waals surface area (Å²) < 4.78 is 11.5. The molecule has 0 aliphatic heterocycles. The van der Waals surface area contributed by atoms with E-state index in [0.29, 0.717) is 12.5 Å². The molecular formula is C17H23NO2. The molecule has 1 saturated carbocycles. The van der Waals surface area contributed by atoms with Crippen LogP contribution in [0.15, 0.2) is 24.3 Å². The van der Waals surface area contributed by atoms with Crippen LogP contribution in [0, 0.1) is 23.2 Å². The number of benzene rings is 1. The largest absolute Gasteiger partial charge is 0.494 e. The molecular weight excluding hydrogens is 250 g/mol. The highest BCUT2D eigenvalue weighted by atomic mass is 16.5. The molecule has 1 aliphatic rings. The van der Waals surface area contributed by atoms with Gasteiger partial charge in [0, 0.05) is 0 Å². The number of hydrogen-bond acceptors (Lipinski definition) is 3. The van der Waals surface area contributed by atoms with Crippen molar-refractivity contribution in [1.82, 2.24) is 0 Å². The molecule has 0 amide bonds. The van der Waals surface area contributed by atoms with Crippen LogP contribution in [0.25, 0.3) is 0 Å². The van der Waals surface area contributed by atoms with E-state index in [-0.39, 0.29) is 12.0 Å². The highest BCUT2D eigenvalue weighted by Gasteiger charge is 2.31. The van der Waals surface area contributed by atoms with E-state index in [1.807, 2.05) is 31.2 Å². The van der Waals surface area contributed by atoms with Gasteiger partial charge in [0.2, 0.25) is 0 Å². The first-order valence-corrected chi connectivity index (χ1v) is 7.56. The quantitative estimate of drug-likeness (QED) is 0.808. The number of rotatable bonds is 5. The summed E-state index contributed by atoms with van der Waals surface area (Å²) in [4.78, 5) is 0. The van der Waals surface area contributed by atoms with Crippen molar-refractivity contribution >= 4 is 0 Å². The Morgan fingerprint density at radius 2 is 1.85 bits per heavy atom. The molecule has 3 atom stereocenters. The average molecular weight is 273 g/mol. The summed E-state index contributed by atoms with van der Waals surface area (Å²) in [5.74, 6) is 2.39. The van der Waals surface area contributed by atoms with Crippen LogP contribution < -0.4 is 9.47 Å². The molecule has 108 valence electrons. The minimum atomic E-state index is 0.0179. The van der Waals surface area contributed by atoms with Gasteiger partial charge < -0.3 is 9.47 Å². The summed E-state index contributed by atoms with van der Waals surface area (Å²) in [7, 11) is 0. The fourth-order valence-corrected chi connectivity index (χ4v) is 2.82. The van der Waals surface area contributed by atoms with Crippen molar-refractivity contribution in [3.8, 4) is 17.6 Å². The van der Waals surface area contributed by atoms with Crippen molar-refractivity contribution in [1.29, 1.82) is 5.26 Å². The van der Waals surface area contributed by atoms with Gasteiger partial charge in [-0.15, -0.1) is 0 Å². The van der Waals surface area contributed by atoms with Crippen molar-refractivity contribution < 1.29 is 9.47 Å². The first kappa shape index (κ1) is 14.7. The number of ether oxygens (including phenoxy) is 2. The van der Waals surface area contributed by atoms with Crippen molar-refractivity contribution in [3.05, 3.63) is 24.3 Å². The Hall–Kier alpha value is -1.69. The first-order valence-electron chi connectivity index (χ1n) is 7.56. The van der Waals surface area contributed by atoms with E-state index in [1.165, 1.54) is 6.42 Å². The SMILES string of the molecule is CCOc1ccc(OC2CC(CC)CCC2C#N)cc1. The molecule has 1 aromatic carbocycles. The van der Waals surface area contributed by atoms with Gasteiger partial charge in [0.1, 0.15) is 17.6 Å². The van der Waals surface area contributed by atoms with Crippen LogP contribution in [-0.2, 0) is 0 Å². The van der Waals surface area contributed by atoms with E-state index >= 15 is 0 Å². The van der Waals surface area contributed by atoms with Gasteiger partial charge in [0.25, 0.3) is 0 Å². The van der Waals surface area contributed by atoms with Gasteiger partial charge in [-0.25, -0.2) is 0 Å². The fourth-order valence-electron chi connectivity index (χ4n) is 2.82. The number of nitrogens with zero attached hydrogens (tertiary/aromatic N) is 1. The highest BCUT2D eigenvalue weighted by Crippen LogP contribution is 2.33. The normalized spacial score (nSPS) is 25.8. The van der Waals surface area contributed by atoms with Crippen molar-refractivity contribution in [2.24, 2.45) is 11.8 Å². The Morgan fingerprint density at radius 3 is 2.45 bits per heavy atom. The molecule has 1 aromatic rings. The molecule has 0 aromatic heterocycles. The van der Waals surface area contributed by atoms with Crippen LogP contribution >= 0.6 is 0 Å². The van der Waals surface area contributed by atoms with Gasteiger partial charge in [-0.2, -0.15) is 5.26 Å². The van der Waals surface area contributed by atoms with Gasteiger partial charge in [0.15, 0.2) is 0 Å². The van der Waals surface area contributed by atoms with Gasteiger partial charge in [0.05, 0.1) is 18.6 Å². The molecule has 0 bridgehead atoms. The number of nitriles is 1. The lowest BCUT2D eigenvalue weighted by Crippen LogP contribution is -2.33. The molecule has 3 unspecified atom stereocenters. The van der Waals surface area contributed by atoms with Gasteiger partial charge >= 0.3 is 0 Å². The van der Waals surface area contributed by atoms with Crippen LogP contribution in [0.2, 0.25) is 0 Å². The van der Waals surface area contributed by atoms with Crippen LogP contribution in [-0.4, -0.2) is 12.7 Å². The zero-order chi connectivity index (χ0) is 14.4. The molecule has 1 aliphatic carbocycles. The average Bonchev–Trinajstić information content (AvgIpc) is 2.49. The third-order valence-corrected chi connectivity index (χ3v) is 4.07. The second-order valence-corrected chi connectivity index (χ2v) is 5.38. The lowest BCUT2D eigenvalue weighted by atomic mass is 9.79. The van der Waals surface area contributed by atoms with E-state index in [2.05, 4.69) is 13.0 Å². The third kappa shape index (κ3) is 3.66. The highest BCUT2D eigenvalue weighted by molar-refractivity contribution is 5.31.